The molecule has 0 bridgehead atoms. The highest BCUT2D eigenvalue weighted by molar-refractivity contribution is 5.43. The number of methoxy groups -OCH3 is 1. The molecule has 1 aliphatic rings. The molecular weight excluding hydrogens is 381 g/mol. The number of hydrogen-bond acceptors (Lipinski definition) is 4. The second kappa shape index (κ2) is 7.67. The minimum atomic E-state index is -4.48. The smallest absolute Gasteiger partial charge is 0.433 e. The van der Waals surface area contributed by atoms with E-state index in [4.69, 9.17) is 4.74 Å². The molecule has 1 saturated heterocycles. The minimum Gasteiger partial charge on any atom is -0.497 e. The molecule has 2 aromatic heterocycles. The van der Waals surface area contributed by atoms with Crippen LogP contribution < -0.4 is 4.74 Å². The van der Waals surface area contributed by atoms with Crippen LogP contribution in [0.3, 0.4) is 0 Å². The van der Waals surface area contributed by atoms with E-state index in [1.54, 1.807) is 20.1 Å². The summed E-state index contributed by atoms with van der Waals surface area (Å²) < 4.78 is 47.0. The van der Waals surface area contributed by atoms with E-state index in [1.165, 1.54) is 6.07 Å². The van der Waals surface area contributed by atoms with Crippen LogP contribution in [0.5, 0.6) is 5.75 Å². The summed E-state index contributed by atoms with van der Waals surface area (Å²) in [5.74, 6) is 0.754. The molecule has 0 N–H and O–H groups in total. The molecule has 1 aromatic carbocycles. The number of piperidine rings is 1. The number of rotatable bonds is 4. The van der Waals surface area contributed by atoms with E-state index in [1.807, 2.05) is 24.3 Å². The number of fused-ring (bicyclic) bond motifs is 1. The van der Waals surface area contributed by atoms with Crippen molar-refractivity contribution in [1.82, 2.24) is 19.5 Å². The summed E-state index contributed by atoms with van der Waals surface area (Å²) in [7, 11) is 1.63. The monoisotopic (exact) mass is 404 g/mol. The number of aromatic nitrogens is 3. The summed E-state index contributed by atoms with van der Waals surface area (Å²) in [6.45, 7) is 3.98. The SMILES string of the molecule is COc1cccc(CN2CCCC(c3cc(C(F)(F)F)n4nc(C)cc4n3)C2)c1. The predicted octanol–water partition coefficient (Wildman–Crippen LogP) is 4.44. The molecule has 0 aliphatic carbocycles. The van der Waals surface area contributed by atoms with Crippen LogP contribution in [0.25, 0.3) is 5.65 Å². The van der Waals surface area contributed by atoms with E-state index >= 15 is 0 Å². The van der Waals surface area contributed by atoms with Gasteiger partial charge >= 0.3 is 6.18 Å². The molecule has 3 heterocycles. The van der Waals surface area contributed by atoms with Crippen molar-refractivity contribution >= 4 is 5.65 Å². The first kappa shape index (κ1) is 19.7. The Morgan fingerprint density at radius 2 is 2.03 bits per heavy atom. The van der Waals surface area contributed by atoms with Crippen molar-refractivity contribution < 1.29 is 17.9 Å². The van der Waals surface area contributed by atoms with Gasteiger partial charge in [0.1, 0.15) is 11.4 Å². The number of benzene rings is 1. The zero-order chi connectivity index (χ0) is 20.6. The first-order valence-corrected chi connectivity index (χ1v) is 9.63. The molecular formula is C21H23F3N4O. The first-order chi connectivity index (χ1) is 13.8. The molecule has 154 valence electrons. The van der Waals surface area contributed by atoms with Gasteiger partial charge in [-0.15, -0.1) is 0 Å². The van der Waals surface area contributed by atoms with Gasteiger partial charge in [-0.05, 0) is 50.1 Å². The second-order valence-corrected chi connectivity index (χ2v) is 7.55. The number of nitrogens with zero attached hydrogens (tertiary/aromatic N) is 4. The third-order valence-corrected chi connectivity index (χ3v) is 5.32. The number of hydrogen-bond donors (Lipinski definition) is 0. The molecule has 0 spiro atoms. The molecule has 1 unspecified atom stereocenters. The predicted molar refractivity (Wildman–Crippen MR) is 103 cm³/mol. The molecule has 0 amide bonds. The molecule has 29 heavy (non-hydrogen) atoms. The highest BCUT2D eigenvalue weighted by atomic mass is 19.4. The van der Waals surface area contributed by atoms with Crippen molar-refractivity contribution in [1.29, 1.82) is 0 Å². The fourth-order valence-electron chi connectivity index (χ4n) is 3.99. The summed E-state index contributed by atoms with van der Waals surface area (Å²) in [4.78, 5) is 6.78. The lowest BCUT2D eigenvalue weighted by Gasteiger charge is -2.32. The Balaban J connectivity index is 1.60. The Hall–Kier alpha value is -2.61. The molecule has 3 aromatic rings. The summed E-state index contributed by atoms with van der Waals surface area (Å²) in [5.41, 5.74) is 1.60. The first-order valence-electron chi connectivity index (χ1n) is 9.63. The second-order valence-electron chi connectivity index (χ2n) is 7.55. The van der Waals surface area contributed by atoms with Crippen molar-refractivity contribution in [3.63, 3.8) is 0 Å². The van der Waals surface area contributed by atoms with Gasteiger partial charge in [-0.3, -0.25) is 4.90 Å². The summed E-state index contributed by atoms with van der Waals surface area (Å²) in [6, 6.07) is 10.6. The Bertz CT molecular complexity index is 1010. The summed E-state index contributed by atoms with van der Waals surface area (Å²) in [6.07, 6.45) is -2.74. The Morgan fingerprint density at radius 1 is 1.21 bits per heavy atom. The Labute approximate surface area is 167 Å². The maximum absolute atomic E-state index is 13.6. The maximum atomic E-state index is 13.6. The van der Waals surface area contributed by atoms with Crippen LogP contribution in [0.4, 0.5) is 13.2 Å². The van der Waals surface area contributed by atoms with Crippen LogP contribution in [0.1, 0.15) is 41.4 Å². The topological polar surface area (TPSA) is 42.7 Å². The van der Waals surface area contributed by atoms with Gasteiger partial charge in [0.25, 0.3) is 0 Å². The van der Waals surface area contributed by atoms with Gasteiger partial charge < -0.3 is 4.74 Å². The number of ether oxygens (including phenoxy) is 1. The van der Waals surface area contributed by atoms with Crippen molar-refractivity contribution in [2.75, 3.05) is 20.2 Å². The largest absolute Gasteiger partial charge is 0.497 e. The van der Waals surface area contributed by atoms with Gasteiger partial charge in [0.05, 0.1) is 12.8 Å². The van der Waals surface area contributed by atoms with Crippen LogP contribution in [0.2, 0.25) is 0 Å². The standard InChI is InChI=1S/C21H23F3N4O/c1-14-9-20-25-18(11-19(21(22,23)24)28(20)26-14)16-6-4-8-27(13-16)12-15-5-3-7-17(10-15)29-2/h3,5,7,9-11,16H,4,6,8,12-13H2,1-2H3. The average molecular weight is 404 g/mol. The van der Waals surface area contributed by atoms with E-state index in [0.29, 0.717) is 17.9 Å². The van der Waals surface area contributed by atoms with Crippen LogP contribution in [0, 0.1) is 6.92 Å². The van der Waals surface area contributed by atoms with Crippen LogP contribution >= 0.6 is 0 Å². The van der Waals surface area contributed by atoms with E-state index in [2.05, 4.69) is 15.0 Å². The number of alkyl halides is 3. The third-order valence-electron chi connectivity index (χ3n) is 5.32. The fraction of sp³-hybridized carbons (Fsp3) is 0.429. The lowest BCUT2D eigenvalue weighted by Crippen LogP contribution is -2.34. The van der Waals surface area contributed by atoms with Crippen molar-refractivity contribution in [2.24, 2.45) is 0 Å². The third kappa shape index (κ3) is 4.22. The van der Waals surface area contributed by atoms with Crippen molar-refractivity contribution in [2.45, 2.75) is 38.4 Å². The average Bonchev–Trinajstić information content (AvgIpc) is 3.06. The Kier molecular flexibility index (Phi) is 5.21. The van der Waals surface area contributed by atoms with E-state index in [9.17, 15) is 13.2 Å². The lowest BCUT2D eigenvalue weighted by atomic mass is 9.93. The van der Waals surface area contributed by atoms with Gasteiger partial charge in [0.15, 0.2) is 5.65 Å². The minimum absolute atomic E-state index is 0.0457. The molecule has 8 heteroatoms. The molecule has 1 aliphatic heterocycles. The van der Waals surface area contributed by atoms with Crippen molar-refractivity contribution in [3.8, 4) is 5.75 Å². The van der Waals surface area contributed by atoms with Crippen LogP contribution in [-0.4, -0.2) is 39.7 Å². The fourth-order valence-corrected chi connectivity index (χ4v) is 3.99. The molecule has 0 saturated carbocycles. The zero-order valence-corrected chi connectivity index (χ0v) is 16.4. The number of likely N-dealkylation sites (tertiary alicyclic amines) is 1. The Morgan fingerprint density at radius 3 is 2.79 bits per heavy atom. The van der Waals surface area contributed by atoms with E-state index < -0.39 is 11.9 Å². The van der Waals surface area contributed by atoms with Gasteiger partial charge in [-0.25, -0.2) is 9.50 Å². The van der Waals surface area contributed by atoms with Crippen molar-refractivity contribution in [3.05, 3.63) is 59.0 Å². The quantitative estimate of drug-likeness (QED) is 0.645. The normalized spacial score (nSPS) is 18.3. The molecule has 0 radical (unpaired) electrons. The summed E-state index contributed by atoms with van der Waals surface area (Å²) in [5, 5.41) is 3.96. The van der Waals surface area contributed by atoms with Crippen LogP contribution in [0.15, 0.2) is 36.4 Å². The van der Waals surface area contributed by atoms with Gasteiger partial charge in [0.2, 0.25) is 0 Å². The van der Waals surface area contributed by atoms with Gasteiger partial charge in [-0.2, -0.15) is 18.3 Å². The molecule has 1 atom stereocenters. The molecule has 5 nitrogen and oxygen atoms in total. The molecule has 1 fully saturated rings. The number of aryl methyl sites for hydroxylation is 1. The summed E-state index contributed by atoms with van der Waals surface area (Å²) >= 11 is 0. The van der Waals surface area contributed by atoms with Gasteiger partial charge in [-0.1, -0.05) is 12.1 Å². The van der Waals surface area contributed by atoms with E-state index in [-0.39, 0.29) is 11.6 Å². The molecule has 4 rings (SSSR count). The van der Waals surface area contributed by atoms with Gasteiger partial charge in [0, 0.05) is 30.8 Å². The number of halogens is 3. The van der Waals surface area contributed by atoms with E-state index in [0.717, 1.165) is 41.8 Å². The highest BCUT2D eigenvalue weighted by Crippen LogP contribution is 2.34. The van der Waals surface area contributed by atoms with Crippen LogP contribution in [-0.2, 0) is 12.7 Å². The maximum Gasteiger partial charge on any atom is 0.433 e. The lowest BCUT2D eigenvalue weighted by molar-refractivity contribution is -0.142. The zero-order valence-electron chi connectivity index (χ0n) is 16.4. The highest BCUT2D eigenvalue weighted by Gasteiger charge is 2.36.